The smallest absolute Gasteiger partial charge is 0.293 e. The van der Waals surface area contributed by atoms with E-state index in [0.29, 0.717) is 0 Å². The average molecular weight is 369 g/mol. The Hall–Kier alpha value is -1.95. The predicted octanol–water partition coefficient (Wildman–Crippen LogP) is 4.63. The molecular formula is C16H8BrF3O2. The van der Waals surface area contributed by atoms with Crippen molar-refractivity contribution in [3.8, 4) is 0 Å². The van der Waals surface area contributed by atoms with Crippen molar-refractivity contribution in [2.24, 2.45) is 0 Å². The van der Waals surface area contributed by atoms with Crippen LogP contribution in [0, 0.1) is 0 Å². The van der Waals surface area contributed by atoms with Gasteiger partial charge < -0.3 is 0 Å². The summed E-state index contributed by atoms with van der Waals surface area (Å²) in [5.74, 6) is -2.13. The minimum atomic E-state index is -4.56. The zero-order valence-electron chi connectivity index (χ0n) is 10.9. The summed E-state index contributed by atoms with van der Waals surface area (Å²) >= 11 is 2.84. The number of ketones is 2. The van der Waals surface area contributed by atoms with Crippen molar-refractivity contribution < 1.29 is 22.8 Å². The van der Waals surface area contributed by atoms with Crippen LogP contribution >= 0.6 is 15.9 Å². The first-order valence-electron chi connectivity index (χ1n) is 6.35. The molecule has 0 atom stereocenters. The fourth-order valence-electron chi connectivity index (χ4n) is 2.59. The molecule has 3 rings (SSSR count). The second kappa shape index (κ2) is 5.05. The van der Waals surface area contributed by atoms with Crippen LogP contribution in [0.3, 0.4) is 0 Å². The Morgan fingerprint density at radius 1 is 0.909 bits per heavy atom. The lowest BCUT2D eigenvalue weighted by atomic mass is 9.93. The van der Waals surface area contributed by atoms with Crippen molar-refractivity contribution in [3.63, 3.8) is 0 Å². The van der Waals surface area contributed by atoms with Gasteiger partial charge in [-0.2, -0.15) is 13.2 Å². The van der Waals surface area contributed by atoms with Gasteiger partial charge in [-0.25, -0.2) is 0 Å². The fraction of sp³-hybridized carbons (Fsp3) is 0.125. The van der Waals surface area contributed by atoms with Crippen LogP contribution in [0.1, 0.15) is 37.8 Å². The number of fused-ring (bicyclic) bond motifs is 1. The lowest BCUT2D eigenvalue weighted by Crippen LogP contribution is -2.15. The molecule has 0 saturated heterocycles. The van der Waals surface area contributed by atoms with E-state index in [1.165, 1.54) is 24.3 Å². The van der Waals surface area contributed by atoms with Crippen molar-refractivity contribution in [3.05, 3.63) is 69.2 Å². The summed E-state index contributed by atoms with van der Waals surface area (Å²) in [6.07, 6.45) is -4.56. The molecule has 0 bridgehead atoms. The van der Waals surface area contributed by atoms with Crippen LogP contribution < -0.4 is 0 Å². The molecule has 2 aromatic carbocycles. The summed E-state index contributed by atoms with van der Waals surface area (Å²) in [6, 6.07) is 9.70. The summed E-state index contributed by atoms with van der Waals surface area (Å²) in [7, 11) is 0. The molecule has 0 unspecified atom stereocenters. The lowest BCUT2D eigenvalue weighted by molar-refractivity contribution is -0.138. The molecule has 0 fully saturated rings. The van der Waals surface area contributed by atoms with Crippen LogP contribution in [0.5, 0.6) is 0 Å². The van der Waals surface area contributed by atoms with Gasteiger partial charge in [-0.15, -0.1) is 0 Å². The van der Waals surface area contributed by atoms with Gasteiger partial charge in [-0.1, -0.05) is 46.3 Å². The second-order valence-electron chi connectivity index (χ2n) is 4.94. The van der Waals surface area contributed by atoms with Gasteiger partial charge in [-0.3, -0.25) is 9.59 Å². The quantitative estimate of drug-likeness (QED) is 0.687. The summed E-state index contributed by atoms with van der Waals surface area (Å²) in [6.45, 7) is 0. The summed E-state index contributed by atoms with van der Waals surface area (Å²) in [5, 5.41) is 0. The van der Waals surface area contributed by atoms with E-state index in [0.717, 1.165) is 6.07 Å². The number of rotatable bonds is 1. The number of alkyl halides is 3. The normalized spacial score (nSPS) is 15.3. The Morgan fingerprint density at radius 2 is 1.45 bits per heavy atom. The molecule has 1 aliphatic rings. The van der Waals surface area contributed by atoms with Crippen molar-refractivity contribution in [2.75, 3.05) is 0 Å². The Bertz CT molecular complexity index is 761. The topological polar surface area (TPSA) is 34.1 Å². The Labute approximate surface area is 132 Å². The number of benzene rings is 2. The van der Waals surface area contributed by atoms with Gasteiger partial charge in [0.15, 0.2) is 11.6 Å². The monoisotopic (exact) mass is 368 g/mol. The van der Waals surface area contributed by atoms with Gasteiger partial charge >= 0.3 is 6.18 Å². The number of hydrogen-bond acceptors (Lipinski definition) is 2. The molecule has 22 heavy (non-hydrogen) atoms. The summed E-state index contributed by atoms with van der Waals surface area (Å²) in [4.78, 5) is 24.7. The predicted molar refractivity (Wildman–Crippen MR) is 77.0 cm³/mol. The average Bonchev–Trinajstić information content (AvgIpc) is 2.71. The third-order valence-corrected chi connectivity index (χ3v) is 4.30. The molecular weight excluding hydrogens is 361 g/mol. The van der Waals surface area contributed by atoms with Crippen LogP contribution in [-0.2, 0) is 6.18 Å². The van der Waals surface area contributed by atoms with E-state index in [1.807, 2.05) is 0 Å². The SMILES string of the molecule is O=C1c2ccccc2C(=O)C1c1ccc(Br)c(C(F)(F)F)c1. The van der Waals surface area contributed by atoms with Crippen LogP contribution in [0.15, 0.2) is 46.9 Å². The highest BCUT2D eigenvalue weighted by atomic mass is 79.9. The molecule has 2 aromatic rings. The van der Waals surface area contributed by atoms with E-state index >= 15 is 0 Å². The van der Waals surface area contributed by atoms with Crippen molar-refractivity contribution in [1.82, 2.24) is 0 Å². The molecule has 1 aliphatic carbocycles. The molecule has 0 aromatic heterocycles. The Kier molecular flexibility index (Phi) is 3.44. The van der Waals surface area contributed by atoms with Crippen LogP contribution in [-0.4, -0.2) is 11.6 Å². The van der Waals surface area contributed by atoms with Gasteiger partial charge in [-0.05, 0) is 17.7 Å². The highest BCUT2D eigenvalue weighted by Crippen LogP contribution is 2.39. The standard InChI is InChI=1S/C16H8BrF3O2/c17-12-6-5-8(7-11(12)16(18,19)20)13-14(21)9-3-1-2-4-10(9)15(13)22/h1-7,13H. The van der Waals surface area contributed by atoms with Crippen LogP contribution in [0.2, 0.25) is 0 Å². The molecule has 0 aliphatic heterocycles. The molecule has 0 spiro atoms. The van der Waals surface area contributed by atoms with E-state index in [2.05, 4.69) is 15.9 Å². The maximum Gasteiger partial charge on any atom is 0.417 e. The number of halogens is 4. The van der Waals surface area contributed by atoms with Gasteiger partial charge in [0.1, 0.15) is 5.92 Å². The van der Waals surface area contributed by atoms with Gasteiger partial charge in [0.05, 0.1) is 5.56 Å². The zero-order valence-corrected chi connectivity index (χ0v) is 12.5. The number of Topliss-reactive ketones (excluding diaryl/α,β-unsaturated/α-hetero) is 2. The Balaban J connectivity index is 2.11. The van der Waals surface area contributed by atoms with Gasteiger partial charge in [0, 0.05) is 15.6 Å². The van der Waals surface area contributed by atoms with Crippen LogP contribution in [0.4, 0.5) is 13.2 Å². The second-order valence-corrected chi connectivity index (χ2v) is 5.80. The fourth-order valence-corrected chi connectivity index (χ4v) is 3.06. The molecule has 0 heterocycles. The lowest BCUT2D eigenvalue weighted by Gasteiger charge is -2.13. The number of carbonyl (C=O) groups excluding carboxylic acids is 2. The first kappa shape index (κ1) is 15.0. The highest BCUT2D eigenvalue weighted by molar-refractivity contribution is 9.10. The molecule has 112 valence electrons. The van der Waals surface area contributed by atoms with Gasteiger partial charge in [0.2, 0.25) is 0 Å². The van der Waals surface area contributed by atoms with E-state index in [4.69, 9.17) is 0 Å². The van der Waals surface area contributed by atoms with E-state index in [1.54, 1.807) is 12.1 Å². The molecule has 2 nitrogen and oxygen atoms in total. The van der Waals surface area contributed by atoms with Crippen LogP contribution in [0.25, 0.3) is 0 Å². The molecule has 0 amide bonds. The van der Waals surface area contributed by atoms with E-state index < -0.39 is 29.2 Å². The van der Waals surface area contributed by atoms with Crippen molar-refractivity contribution >= 4 is 27.5 Å². The minimum Gasteiger partial charge on any atom is -0.293 e. The molecule has 0 N–H and O–H groups in total. The Morgan fingerprint density at radius 3 is 1.95 bits per heavy atom. The first-order chi connectivity index (χ1) is 10.3. The van der Waals surface area contributed by atoms with E-state index in [-0.39, 0.29) is 21.2 Å². The molecule has 6 heteroatoms. The summed E-state index contributed by atoms with van der Waals surface area (Å²) in [5.41, 5.74) is -0.328. The third-order valence-electron chi connectivity index (χ3n) is 3.61. The molecule has 0 saturated carbocycles. The minimum absolute atomic E-state index is 0.0572. The van der Waals surface area contributed by atoms with Crippen molar-refractivity contribution in [2.45, 2.75) is 12.1 Å². The number of hydrogen-bond donors (Lipinski definition) is 0. The largest absolute Gasteiger partial charge is 0.417 e. The highest BCUT2D eigenvalue weighted by Gasteiger charge is 2.41. The molecule has 0 radical (unpaired) electrons. The third kappa shape index (κ3) is 2.27. The first-order valence-corrected chi connectivity index (χ1v) is 7.14. The summed E-state index contributed by atoms with van der Waals surface area (Å²) < 4.78 is 38.8. The van der Waals surface area contributed by atoms with Crippen molar-refractivity contribution in [1.29, 1.82) is 0 Å². The maximum atomic E-state index is 13.0. The van der Waals surface area contributed by atoms with E-state index in [9.17, 15) is 22.8 Å². The maximum absolute atomic E-state index is 13.0. The zero-order chi connectivity index (χ0) is 16.1. The van der Waals surface area contributed by atoms with Gasteiger partial charge in [0.25, 0.3) is 0 Å². The number of carbonyl (C=O) groups is 2.